The smallest absolute Gasteiger partial charge is 0.330 e. The van der Waals surface area contributed by atoms with E-state index in [1.54, 1.807) is 6.92 Å². The maximum absolute atomic E-state index is 15.2. The Bertz CT molecular complexity index is 1070. The molecule has 1 saturated carbocycles. The highest BCUT2D eigenvalue weighted by Crippen LogP contribution is 2.47. The molecule has 3 aliphatic rings. The third-order valence-corrected chi connectivity index (χ3v) is 7.23. The lowest BCUT2D eigenvalue weighted by atomic mass is 9.86. The molecule has 34 heavy (non-hydrogen) atoms. The first-order valence-corrected chi connectivity index (χ1v) is 11.1. The summed E-state index contributed by atoms with van der Waals surface area (Å²) in [5, 5.41) is 0. The Morgan fingerprint density at radius 1 is 1.09 bits per heavy atom. The Hall–Kier alpha value is -2.15. The summed E-state index contributed by atoms with van der Waals surface area (Å²) in [6.45, 7) is 1.24. The lowest BCUT2D eigenvalue weighted by Crippen LogP contribution is -2.45. The average Bonchev–Trinajstić information content (AvgIpc) is 3.45. The minimum absolute atomic E-state index is 0.00600. The number of nitrogens with one attached hydrogen (secondary N) is 1. The summed E-state index contributed by atoms with van der Waals surface area (Å²) >= 11 is 0. The van der Waals surface area contributed by atoms with Gasteiger partial charge in [-0.3, -0.25) is 19.2 Å². The largest absolute Gasteiger partial charge is 0.400 e. The van der Waals surface area contributed by atoms with Crippen molar-refractivity contribution < 1.29 is 30.7 Å². The zero-order valence-electron chi connectivity index (χ0n) is 18.2. The second-order valence-electron chi connectivity index (χ2n) is 9.50. The summed E-state index contributed by atoms with van der Waals surface area (Å²) in [6.07, 6.45) is -9.70. The molecule has 1 aromatic heterocycles. The fourth-order valence-corrected chi connectivity index (χ4v) is 5.47. The van der Waals surface area contributed by atoms with Gasteiger partial charge in [0, 0.05) is 30.7 Å². The maximum atomic E-state index is 15.2. The normalized spacial score (nSPS) is 28.4. The highest BCUT2D eigenvalue weighted by molar-refractivity contribution is 5.59. The molecular weight excluding hydrogens is 473 g/mol. The molecule has 0 aromatic carbocycles. The number of aromatic nitrogens is 2. The molecule has 2 aliphatic carbocycles. The number of hydrogen-bond acceptors (Lipinski definition) is 4. The summed E-state index contributed by atoms with van der Waals surface area (Å²) in [6, 6.07) is -1.17. The van der Waals surface area contributed by atoms with Crippen LogP contribution in [0.3, 0.4) is 0 Å². The number of halogens is 7. The Kier molecular flexibility index (Phi) is 6.24. The quantitative estimate of drug-likeness (QED) is 0.611. The Morgan fingerprint density at radius 3 is 2.21 bits per heavy atom. The molecule has 2 heterocycles. The monoisotopic (exact) mass is 498 g/mol. The molecule has 4 unspecified atom stereocenters. The van der Waals surface area contributed by atoms with Gasteiger partial charge < -0.3 is 5.73 Å². The van der Waals surface area contributed by atoms with Gasteiger partial charge >= 0.3 is 18.0 Å². The van der Waals surface area contributed by atoms with Crippen molar-refractivity contribution in [2.75, 3.05) is 19.6 Å². The van der Waals surface area contributed by atoms with Gasteiger partial charge in [0.25, 0.3) is 5.56 Å². The molecule has 0 amide bonds. The number of fused-ring (bicyclic) bond motifs is 1. The Morgan fingerprint density at radius 2 is 1.68 bits per heavy atom. The number of rotatable bonds is 5. The summed E-state index contributed by atoms with van der Waals surface area (Å²) in [5.74, 6) is -6.70. The van der Waals surface area contributed by atoms with Crippen LogP contribution in [0.4, 0.5) is 30.7 Å². The lowest BCUT2D eigenvalue weighted by molar-refractivity contribution is -0.288. The molecule has 4 atom stereocenters. The highest BCUT2D eigenvalue weighted by atomic mass is 19.4. The standard InChI is InChI=1S/C21H25F7N4O2/c1-9-16-13(18(33)30-19(34)32(16)12-2-3-12)5-14(22)17(9)31-7-10(11(6-29)8-31)4-15(20(23,24)25)21(26,27)28/h5,9-12,15,17H,2-4,6-8,29H2,1H3,(H,30,33,34). The molecule has 1 saturated heterocycles. The topological polar surface area (TPSA) is 84.1 Å². The molecule has 3 N–H and O–H groups in total. The number of H-pyrrole nitrogens is 1. The maximum Gasteiger partial charge on any atom is 0.400 e. The van der Waals surface area contributed by atoms with Crippen molar-refractivity contribution in [3.8, 4) is 0 Å². The number of nitrogens with zero attached hydrogens (tertiary/aromatic N) is 2. The van der Waals surface area contributed by atoms with E-state index < -0.39 is 65.6 Å². The average molecular weight is 498 g/mol. The second-order valence-corrected chi connectivity index (χ2v) is 9.50. The van der Waals surface area contributed by atoms with Gasteiger partial charge in [0.2, 0.25) is 0 Å². The first kappa shape index (κ1) is 25.0. The highest BCUT2D eigenvalue weighted by Gasteiger charge is 2.58. The predicted octanol–water partition coefficient (Wildman–Crippen LogP) is 3.31. The van der Waals surface area contributed by atoms with Gasteiger partial charge in [0.05, 0.1) is 11.6 Å². The van der Waals surface area contributed by atoms with E-state index in [4.69, 9.17) is 5.73 Å². The van der Waals surface area contributed by atoms with Crippen LogP contribution in [-0.4, -0.2) is 52.5 Å². The first-order valence-electron chi connectivity index (χ1n) is 11.1. The minimum Gasteiger partial charge on any atom is -0.330 e. The summed E-state index contributed by atoms with van der Waals surface area (Å²) < 4.78 is 95.5. The number of alkyl halides is 6. The van der Waals surface area contributed by atoms with Crippen molar-refractivity contribution in [3.63, 3.8) is 0 Å². The number of nitrogens with two attached hydrogens (primary N) is 1. The van der Waals surface area contributed by atoms with Gasteiger partial charge in [-0.15, -0.1) is 0 Å². The number of aromatic amines is 1. The molecule has 1 aromatic rings. The van der Waals surface area contributed by atoms with Gasteiger partial charge in [0.1, 0.15) is 5.83 Å². The summed E-state index contributed by atoms with van der Waals surface area (Å²) in [7, 11) is 0. The van der Waals surface area contributed by atoms with Crippen LogP contribution in [0.5, 0.6) is 0 Å². The number of hydrogen-bond donors (Lipinski definition) is 2. The van der Waals surface area contributed by atoms with Crippen LogP contribution >= 0.6 is 0 Å². The molecule has 0 spiro atoms. The molecule has 2 fully saturated rings. The molecule has 0 bridgehead atoms. The van der Waals surface area contributed by atoms with Gasteiger partial charge in [-0.2, -0.15) is 26.3 Å². The van der Waals surface area contributed by atoms with E-state index in [1.165, 1.54) is 9.47 Å². The van der Waals surface area contributed by atoms with Crippen LogP contribution < -0.4 is 17.0 Å². The van der Waals surface area contributed by atoms with Crippen molar-refractivity contribution in [2.24, 2.45) is 23.5 Å². The van der Waals surface area contributed by atoms with Crippen molar-refractivity contribution >= 4 is 6.08 Å². The molecular formula is C21H25F7N4O2. The van der Waals surface area contributed by atoms with Crippen LogP contribution in [0.2, 0.25) is 0 Å². The van der Waals surface area contributed by atoms with Crippen LogP contribution in [0.15, 0.2) is 15.4 Å². The van der Waals surface area contributed by atoms with E-state index in [-0.39, 0.29) is 31.2 Å². The molecule has 4 rings (SSSR count). The molecule has 190 valence electrons. The van der Waals surface area contributed by atoms with Crippen molar-refractivity contribution in [1.29, 1.82) is 0 Å². The van der Waals surface area contributed by atoms with Gasteiger partial charge in [-0.05, 0) is 43.7 Å². The lowest BCUT2D eigenvalue weighted by Gasteiger charge is -2.36. The van der Waals surface area contributed by atoms with Crippen molar-refractivity contribution in [1.82, 2.24) is 14.5 Å². The zero-order valence-corrected chi connectivity index (χ0v) is 18.2. The Balaban J connectivity index is 1.65. The Labute approximate surface area is 189 Å². The van der Waals surface area contributed by atoms with E-state index >= 15 is 4.39 Å². The first-order chi connectivity index (χ1) is 15.7. The molecule has 0 radical (unpaired) electrons. The summed E-state index contributed by atoms with van der Waals surface area (Å²) in [5.41, 5.74) is 4.66. The fourth-order valence-electron chi connectivity index (χ4n) is 5.47. The van der Waals surface area contributed by atoms with E-state index in [0.717, 1.165) is 6.08 Å². The van der Waals surface area contributed by atoms with E-state index in [0.29, 0.717) is 18.5 Å². The number of likely N-dealkylation sites (tertiary alicyclic amines) is 1. The van der Waals surface area contributed by atoms with Crippen molar-refractivity contribution in [3.05, 3.63) is 37.9 Å². The van der Waals surface area contributed by atoms with Crippen LogP contribution in [0, 0.1) is 17.8 Å². The van der Waals surface area contributed by atoms with E-state index in [2.05, 4.69) is 4.98 Å². The zero-order chi connectivity index (χ0) is 25.2. The SMILES string of the molecule is CC1c2c(c(=O)[nH]c(=O)n2C2CC2)C=C(F)C1N1CC(CN)C(CC(C(F)(F)F)C(F)(F)F)C1. The molecule has 13 heteroatoms. The molecule has 6 nitrogen and oxygen atoms in total. The third-order valence-electron chi connectivity index (χ3n) is 7.23. The van der Waals surface area contributed by atoms with E-state index in [9.17, 15) is 35.9 Å². The fraction of sp³-hybridized carbons (Fsp3) is 0.714. The van der Waals surface area contributed by atoms with Gasteiger partial charge in [-0.25, -0.2) is 9.18 Å². The van der Waals surface area contributed by atoms with Crippen molar-refractivity contribution in [2.45, 2.75) is 56.5 Å². The predicted molar refractivity (Wildman–Crippen MR) is 109 cm³/mol. The second kappa shape index (κ2) is 8.51. The van der Waals surface area contributed by atoms with Crippen LogP contribution in [0.1, 0.15) is 49.4 Å². The van der Waals surface area contributed by atoms with Gasteiger partial charge in [0.15, 0.2) is 5.92 Å². The molecule has 1 aliphatic heterocycles. The summed E-state index contributed by atoms with van der Waals surface area (Å²) in [4.78, 5) is 28.5. The minimum atomic E-state index is -5.46. The van der Waals surface area contributed by atoms with Crippen LogP contribution in [-0.2, 0) is 0 Å². The van der Waals surface area contributed by atoms with Crippen LogP contribution in [0.25, 0.3) is 6.08 Å². The third kappa shape index (κ3) is 4.43. The van der Waals surface area contributed by atoms with E-state index in [1.807, 2.05) is 0 Å². The van der Waals surface area contributed by atoms with Gasteiger partial charge in [-0.1, -0.05) is 6.92 Å².